The Kier molecular flexibility index (Phi) is 3.49. The van der Waals surface area contributed by atoms with Crippen molar-refractivity contribution in [2.75, 3.05) is 0 Å². The molecule has 4 nitrogen and oxygen atoms in total. The van der Waals surface area contributed by atoms with E-state index in [0.29, 0.717) is 17.0 Å². The molecule has 3 N–H and O–H groups in total. The molecule has 0 saturated heterocycles. The van der Waals surface area contributed by atoms with Gasteiger partial charge in [0.15, 0.2) is 6.29 Å². The predicted octanol–water partition coefficient (Wildman–Crippen LogP) is 1.94. The molecule has 1 aliphatic heterocycles. The molecule has 17 heavy (non-hydrogen) atoms. The van der Waals surface area contributed by atoms with Gasteiger partial charge in [-0.3, -0.25) is 4.79 Å². The van der Waals surface area contributed by atoms with E-state index in [1.165, 1.54) is 11.8 Å². The first-order valence-corrected chi connectivity index (χ1v) is 6.05. The largest absolute Gasteiger partial charge is 0.351 e. The Morgan fingerprint density at radius 3 is 2.71 bits per heavy atom. The summed E-state index contributed by atoms with van der Waals surface area (Å²) in [5.74, 6) is 0. The minimum absolute atomic E-state index is 0.165. The molecular weight excluding hydrogens is 236 g/mol. The van der Waals surface area contributed by atoms with Crippen molar-refractivity contribution in [1.29, 1.82) is 0 Å². The second kappa shape index (κ2) is 5.05. The molecular formula is C12H12N2O2S. The summed E-state index contributed by atoms with van der Waals surface area (Å²) in [5.41, 5.74) is 6.82. The fourth-order valence-corrected chi connectivity index (χ4v) is 2.95. The van der Waals surface area contributed by atoms with E-state index in [4.69, 9.17) is 5.73 Å². The molecule has 1 heterocycles. The standard InChI is InChI=1S/C12H12N2O2S/c13-12(16)14-9-6-10(17-11(9)7-15)8-4-2-1-3-5-8/h1-5,7,10H,6H2,(H3,13,14,16). The third-order valence-corrected chi connectivity index (χ3v) is 3.83. The maximum absolute atomic E-state index is 10.9. The van der Waals surface area contributed by atoms with Gasteiger partial charge in [0.1, 0.15) is 0 Å². The van der Waals surface area contributed by atoms with Gasteiger partial charge in [0.2, 0.25) is 0 Å². The smallest absolute Gasteiger partial charge is 0.316 e. The summed E-state index contributed by atoms with van der Waals surface area (Å²) in [4.78, 5) is 22.3. The van der Waals surface area contributed by atoms with Crippen LogP contribution in [-0.4, -0.2) is 12.3 Å². The molecule has 0 saturated carbocycles. The SMILES string of the molecule is NC(=O)NC1=C(C=O)SC(c2ccccc2)C1. The van der Waals surface area contributed by atoms with Crippen molar-refractivity contribution in [2.24, 2.45) is 5.73 Å². The lowest BCUT2D eigenvalue weighted by Crippen LogP contribution is -2.28. The lowest BCUT2D eigenvalue weighted by Gasteiger charge is -2.09. The molecule has 1 aromatic rings. The summed E-state index contributed by atoms with van der Waals surface area (Å²) >= 11 is 1.46. The molecule has 5 heteroatoms. The van der Waals surface area contributed by atoms with Crippen LogP contribution >= 0.6 is 11.8 Å². The first kappa shape index (κ1) is 11.7. The molecule has 1 unspecified atom stereocenters. The topological polar surface area (TPSA) is 72.2 Å². The van der Waals surface area contributed by atoms with Crippen LogP contribution in [0.15, 0.2) is 40.9 Å². The molecule has 0 spiro atoms. The quantitative estimate of drug-likeness (QED) is 0.803. The zero-order valence-corrected chi connectivity index (χ0v) is 9.87. The zero-order valence-electron chi connectivity index (χ0n) is 9.05. The molecule has 2 rings (SSSR count). The van der Waals surface area contributed by atoms with Crippen LogP contribution in [0.4, 0.5) is 4.79 Å². The second-order valence-electron chi connectivity index (χ2n) is 3.67. The lowest BCUT2D eigenvalue weighted by atomic mass is 10.1. The van der Waals surface area contributed by atoms with Gasteiger partial charge in [0, 0.05) is 17.4 Å². The average molecular weight is 248 g/mol. The van der Waals surface area contributed by atoms with E-state index in [-0.39, 0.29) is 5.25 Å². The predicted molar refractivity (Wildman–Crippen MR) is 67.2 cm³/mol. The van der Waals surface area contributed by atoms with Crippen LogP contribution in [-0.2, 0) is 4.79 Å². The Labute approximate surface area is 103 Å². The van der Waals surface area contributed by atoms with E-state index in [2.05, 4.69) is 5.32 Å². The van der Waals surface area contributed by atoms with Crippen molar-refractivity contribution in [3.8, 4) is 0 Å². The number of nitrogens with two attached hydrogens (primary N) is 1. The van der Waals surface area contributed by atoms with Crippen LogP contribution in [0.2, 0.25) is 0 Å². The third-order valence-electron chi connectivity index (χ3n) is 2.51. The van der Waals surface area contributed by atoms with Crippen LogP contribution in [0, 0.1) is 0 Å². The second-order valence-corrected chi connectivity index (χ2v) is 4.92. The Hall–Kier alpha value is -1.75. The van der Waals surface area contributed by atoms with Gasteiger partial charge in [0.05, 0.1) is 4.91 Å². The summed E-state index contributed by atoms with van der Waals surface area (Å²) in [5, 5.41) is 2.67. The maximum atomic E-state index is 10.9. The maximum Gasteiger partial charge on any atom is 0.316 e. The van der Waals surface area contributed by atoms with Crippen LogP contribution in [0.5, 0.6) is 0 Å². The number of carbonyl (C=O) groups excluding carboxylic acids is 2. The van der Waals surface area contributed by atoms with Gasteiger partial charge in [0.25, 0.3) is 0 Å². The minimum Gasteiger partial charge on any atom is -0.351 e. The first-order valence-electron chi connectivity index (χ1n) is 5.17. The van der Waals surface area contributed by atoms with Crippen LogP contribution in [0.3, 0.4) is 0 Å². The number of nitrogens with one attached hydrogen (secondary N) is 1. The van der Waals surface area contributed by atoms with Crippen molar-refractivity contribution >= 4 is 24.1 Å². The zero-order chi connectivity index (χ0) is 12.3. The van der Waals surface area contributed by atoms with Crippen molar-refractivity contribution in [2.45, 2.75) is 11.7 Å². The number of aldehydes is 1. The van der Waals surface area contributed by atoms with Gasteiger partial charge in [-0.25, -0.2) is 4.79 Å². The van der Waals surface area contributed by atoms with Gasteiger partial charge in [-0.15, -0.1) is 11.8 Å². The Morgan fingerprint density at radius 2 is 2.12 bits per heavy atom. The van der Waals surface area contributed by atoms with Crippen LogP contribution in [0.25, 0.3) is 0 Å². The van der Waals surface area contributed by atoms with Crippen molar-refractivity contribution in [1.82, 2.24) is 5.32 Å². The Bertz CT molecular complexity index is 471. The lowest BCUT2D eigenvalue weighted by molar-refractivity contribution is -0.104. The molecule has 2 amide bonds. The van der Waals surface area contributed by atoms with Crippen molar-refractivity contribution < 1.29 is 9.59 Å². The van der Waals surface area contributed by atoms with E-state index in [1.807, 2.05) is 30.3 Å². The molecule has 0 aromatic heterocycles. The highest BCUT2D eigenvalue weighted by atomic mass is 32.2. The summed E-state index contributed by atoms with van der Waals surface area (Å²) < 4.78 is 0. The number of allylic oxidation sites excluding steroid dienone is 2. The molecule has 1 aromatic carbocycles. The van der Waals surface area contributed by atoms with E-state index >= 15 is 0 Å². The highest BCUT2D eigenvalue weighted by Gasteiger charge is 2.26. The molecule has 1 aliphatic rings. The summed E-state index contributed by atoms with van der Waals surface area (Å²) in [6.07, 6.45) is 1.38. The first-order chi connectivity index (χ1) is 8.20. The summed E-state index contributed by atoms with van der Waals surface area (Å²) in [6.45, 7) is 0. The van der Waals surface area contributed by atoms with E-state index in [0.717, 1.165) is 11.8 Å². The number of benzene rings is 1. The van der Waals surface area contributed by atoms with Crippen LogP contribution in [0.1, 0.15) is 17.2 Å². The number of hydrogen-bond acceptors (Lipinski definition) is 3. The number of thioether (sulfide) groups is 1. The number of carbonyl (C=O) groups is 2. The molecule has 88 valence electrons. The van der Waals surface area contributed by atoms with Gasteiger partial charge in [-0.2, -0.15) is 0 Å². The number of hydrogen-bond donors (Lipinski definition) is 2. The average Bonchev–Trinajstić information content (AvgIpc) is 2.72. The van der Waals surface area contributed by atoms with Gasteiger partial charge < -0.3 is 11.1 Å². The van der Waals surface area contributed by atoms with Gasteiger partial charge in [-0.05, 0) is 5.56 Å². The number of rotatable bonds is 3. The van der Waals surface area contributed by atoms with Crippen molar-refractivity contribution in [3.63, 3.8) is 0 Å². The summed E-state index contributed by atoms with van der Waals surface area (Å²) in [6, 6.07) is 9.24. The van der Waals surface area contributed by atoms with Crippen molar-refractivity contribution in [3.05, 3.63) is 46.5 Å². The fraction of sp³-hybridized carbons (Fsp3) is 0.167. The van der Waals surface area contributed by atoms with E-state index in [1.54, 1.807) is 0 Å². The fourth-order valence-electron chi connectivity index (χ4n) is 1.77. The molecule has 0 fully saturated rings. The number of primary amides is 1. The Balaban J connectivity index is 2.15. The number of urea groups is 1. The minimum atomic E-state index is -0.631. The van der Waals surface area contributed by atoms with Gasteiger partial charge >= 0.3 is 6.03 Å². The molecule has 1 atom stereocenters. The highest BCUT2D eigenvalue weighted by Crippen LogP contribution is 2.45. The normalized spacial score (nSPS) is 19.2. The highest BCUT2D eigenvalue weighted by molar-refractivity contribution is 8.04. The molecule has 0 radical (unpaired) electrons. The number of amides is 2. The van der Waals surface area contributed by atoms with Gasteiger partial charge in [-0.1, -0.05) is 30.3 Å². The molecule has 0 bridgehead atoms. The molecule has 0 aliphatic carbocycles. The van der Waals surface area contributed by atoms with Crippen LogP contribution < -0.4 is 11.1 Å². The third kappa shape index (κ3) is 2.68. The monoisotopic (exact) mass is 248 g/mol. The van der Waals surface area contributed by atoms with E-state index in [9.17, 15) is 9.59 Å². The summed E-state index contributed by atoms with van der Waals surface area (Å²) in [7, 11) is 0. The van der Waals surface area contributed by atoms with E-state index < -0.39 is 6.03 Å². The Morgan fingerprint density at radius 1 is 1.41 bits per heavy atom.